The number of carbonyl (C=O) groups is 1. The van der Waals surface area contributed by atoms with Gasteiger partial charge in [-0.1, -0.05) is 12.8 Å². The maximum Gasteiger partial charge on any atom is 0.390 e. The van der Waals surface area contributed by atoms with Crippen molar-refractivity contribution in [2.24, 2.45) is 11.3 Å². The Labute approximate surface area is 117 Å². The molecule has 2 rings (SSSR count). The maximum atomic E-state index is 12.2. The van der Waals surface area contributed by atoms with E-state index in [0.717, 1.165) is 32.2 Å². The molecule has 2 N–H and O–H groups in total. The van der Waals surface area contributed by atoms with Gasteiger partial charge in [0, 0.05) is 13.1 Å². The molecule has 3 nitrogen and oxygen atoms in total. The van der Waals surface area contributed by atoms with Crippen LogP contribution in [-0.4, -0.2) is 31.7 Å². The van der Waals surface area contributed by atoms with Crippen LogP contribution in [0.2, 0.25) is 0 Å². The van der Waals surface area contributed by atoms with Gasteiger partial charge in [0.1, 0.15) is 0 Å². The summed E-state index contributed by atoms with van der Waals surface area (Å²) in [6.45, 7) is 1.11. The molecule has 2 aliphatic rings. The zero-order valence-corrected chi connectivity index (χ0v) is 11.5. The number of halogens is 4. The van der Waals surface area contributed by atoms with Gasteiger partial charge in [0.2, 0.25) is 5.91 Å². The SMILES string of the molecule is Cl.O=C(NCCC(F)(F)F)[C@@]12CCCC[C@H]1CNC2. The molecule has 1 heterocycles. The van der Waals surface area contributed by atoms with Crippen LogP contribution in [0, 0.1) is 11.3 Å². The molecule has 0 unspecified atom stereocenters. The summed E-state index contributed by atoms with van der Waals surface area (Å²) >= 11 is 0. The highest BCUT2D eigenvalue weighted by molar-refractivity contribution is 5.85. The van der Waals surface area contributed by atoms with Crippen LogP contribution in [0.1, 0.15) is 32.1 Å². The predicted octanol–water partition coefficient (Wildman–Crippen LogP) is 2.26. The van der Waals surface area contributed by atoms with Crippen molar-refractivity contribution in [3.63, 3.8) is 0 Å². The summed E-state index contributed by atoms with van der Waals surface area (Å²) in [4.78, 5) is 12.2. The topological polar surface area (TPSA) is 41.1 Å². The third kappa shape index (κ3) is 3.75. The molecule has 0 aromatic carbocycles. The zero-order chi connectivity index (χ0) is 13.2. The number of hydrogen-bond acceptors (Lipinski definition) is 2. The van der Waals surface area contributed by atoms with Crippen molar-refractivity contribution < 1.29 is 18.0 Å². The van der Waals surface area contributed by atoms with E-state index in [-0.39, 0.29) is 30.8 Å². The first kappa shape index (κ1) is 16.6. The summed E-state index contributed by atoms with van der Waals surface area (Å²) in [5.74, 6) is 0.0959. The highest BCUT2D eigenvalue weighted by Gasteiger charge is 2.49. The molecule has 1 aliphatic carbocycles. The second-order valence-electron chi connectivity index (χ2n) is 5.35. The third-order valence-electron chi connectivity index (χ3n) is 4.18. The standard InChI is InChI=1S/C12H19F3N2O.ClH/c13-12(14,15)5-6-17-10(18)11-4-2-1-3-9(11)7-16-8-11;/h9,16H,1-8H2,(H,17,18);1H/t9-,11+;/m0./s1. The van der Waals surface area contributed by atoms with Crippen LogP contribution < -0.4 is 10.6 Å². The molecule has 1 amide bonds. The predicted molar refractivity (Wildman–Crippen MR) is 68.2 cm³/mol. The molecule has 0 spiro atoms. The number of amides is 1. The van der Waals surface area contributed by atoms with Crippen molar-refractivity contribution in [1.82, 2.24) is 10.6 Å². The molecular formula is C12H20ClF3N2O. The Morgan fingerprint density at radius 2 is 2.11 bits per heavy atom. The van der Waals surface area contributed by atoms with E-state index < -0.39 is 18.0 Å². The minimum atomic E-state index is -4.20. The fourth-order valence-corrected chi connectivity index (χ4v) is 3.18. The Morgan fingerprint density at radius 3 is 2.79 bits per heavy atom. The van der Waals surface area contributed by atoms with Gasteiger partial charge in [-0.05, 0) is 25.3 Å². The summed E-state index contributed by atoms with van der Waals surface area (Å²) in [7, 11) is 0. The molecule has 0 bridgehead atoms. The van der Waals surface area contributed by atoms with Gasteiger partial charge in [-0.25, -0.2) is 0 Å². The number of hydrogen-bond donors (Lipinski definition) is 2. The van der Waals surface area contributed by atoms with Crippen molar-refractivity contribution in [3.8, 4) is 0 Å². The summed E-state index contributed by atoms with van der Waals surface area (Å²) in [5, 5.41) is 5.68. The molecule has 2 atom stereocenters. The second kappa shape index (κ2) is 6.31. The highest BCUT2D eigenvalue weighted by Crippen LogP contribution is 2.43. The van der Waals surface area contributed by atoms with Gasteiger partial charge in [0.15, 0.2) is 0 Å². The fraction of sp³-hybridized carbons (Fsp3) is 0.917. The average Bonchev–Trinajstić information content (AvgIpc) is 2.71. The van der Waals surface area contributed by atoms with Crippen LogP contribution in [-0.2, 0) is 4.79 Å². The van der Waals surface area contributed by atoms with Crippen LogP contribution in [0.15, 0.2) is 0 Å². The van der Waals surface area contributed by atoms with Crippen LogP contribution in [0.5, 0.6) is 0 Å². The van der Waals surface area contributed by atoms with Crippen molar-refractivity contribution in [1.29, 1.82) is 0 Å². The molecule has 1 aliphatic heterocycles. The van der Waals surface area contributed by atoms with E-state index in [1.54, 1.807) is 0 Å². The van der Waals surface area contributed by atoms with Gasteiger partial charge in [0.25, 0.3) is 0 Å². The van der Waals surface area contributed by atoms with E-state index in [4.69, 9.17) is 0 Å². The Hall–Kier alpha value is -0.490. The second-order valence-corrected chi connectivity index (χ2v) is 5.35. The average molecular weight is 301 g/mol. The zero-order valence-electron chi connectivity index (χ0n) is 10.7. The summed E-state index contributed by atoms with van der Waals surface area (Å²) in [6, 6.07) is 0. The van der Waals surface area contributed by atoms with Crippen LogP contribution in [0.3, 0.4) is 0 Å². The van der Waals surface area contributed by atoms with Crippen molar-refractivity contribution in [2.75, 3.05) is 19.6 Å². The first-order valence-corrected chi connectivity index (χ1v) is 6.50. The quantitative estimate of drug-likeness (QED) is 0.839. The number of carbonyl (C=O) groups excluding carboxylic acids is 1. The fourth-order valence-electron chi connectivity index (χ4n) is 3.18. The Balaban J connectivity index is 0.00000180. The lowest BCUT2D eigenvalue weighted by atomic mass is 9.67. The van der Waals surface area contributed by atoms with E-state index in [1.165, 1.54) is 0 Å². The van der Waals surface area contributed by atoms with Crippen LogP contribution in [0.25, 0.3) is 0 Å². The molecule has 7 heteroatoms. The van der Waals surface area contributed by atoms with Gasteiger partial charge < -0.3 is 10.6 Å². The minimum absolute atomic E-state index is 0. The molecule has 0 aromatic rings. The van der Waals surface area contributed by atoms with E-state index in [9.17, 15) is 18.0 Å². The van der Waals surface area contributed by atoms with E-state index in [0.29, 0.717) is 6.54 Å². The van der Waals surface area contributed by atoms with Gasteiger partial charge in [-0.2, -0.15) is 13.2 Å². The van der Waals surface area contributed by atoms with E-state index >= 15 is 0 Å². The maximum absolute atomic E-state index is 12.2. The lowest BCUT2D eigenvalue weighted by Gasteiger charge is -2.37. The molecule has 0 radical (unpaired) electrons. The molecule has 0 aromatic heterocycles. The molecule has 1 saturated heterocycles. The Bertz CT molecular complexity index is 325. The van der Waals surface area contributed by atoms with E-state index in [2.05, 4.69) is 10.6 Å². The van der Waals surface area contributed by atoms with Crippen molar-refractivity contribution >= 4 is 18.3 Å². The van der Waals surface area contributed by atoms with E-state index in [1.807, 2.05) is 0 Å². The number of nitrogens with one attached hydrogen (secondary N) is 2. The summed E-state index contributed by atoms with van der Waals surface area (Å²) in [6.07, 6.45) is -1.26. The first-order valence-electron chi connectivity index (χ1n) is 6.50. The molecule has 112 valence electrons. The molecular weight excluding hydrogens is 281 g/mol. The van der Waals surface area contributed by atoms with Gasteiger partial charge in [-0.3, -0.25) is 4.79 Å². The third-order valence-corrected chi connectivity index (χ3v) is 4.18. The molecule has 1 saturated carbocycles. The molecule has 2 fully saturated rings. The minimum Gasteiger partial charge on any atom is -0.355 e. The van der Waals surface area contributed by atoms with Gasteiger partial charge >= 0.3 is 6.18 Å². The first-order chi connectivity index (χ1) is 8.44. The van der Waals surface area contributed by atoms with Gasteiger partial charge in [-0.15, -0.1) is 12.4 Å². The Morgan fingerprint density at radius 1 is 1.37 bits per heavy atom. The number of rotatable bonds is 3. The van der Waals surface area contributed by atoms with Crippen LogP contribution >= 0.6 is 12.4 Å². The normalized spacial score (nSPS) is 30.4. The van der Waals surface area contributed by atoms with Crippen molar-refractivity contribution in [2.45, 2.75) is 38.3 Å². The number of fused-ring (bicyclic) bond motifs is 1. The highest BCUT2D eigenvalue weighted by atomic mass is 35.5. The largest absolute Gasteiger partial charge is 0.390 e. The van der Waals surface area contributed by atoms with Crippen LogP contribution in [0.4, 0.5) is 13.2 Å². The summed E-state index contributed by atoms with van der Waals surface area (Å²) < 4.78 is 36.2. The lowest BCUT2D eigenvalue weighted by molar-refractivity contribution is -0.140. The monoisotopic (exact) mass is 300 g/mol. The number of alkyl halides is 3. The summed E-state index contributed by atoms with van der Waals surface area (Å²) in [5.41, 5.74) is -0.455. The van der Waals surface area contributed by atoms with Crippen molar-refractivity contribution in [3.05, 3.63) is 0 Å². The smallest absolute Gasteiger partial charge is 0.355 e. The van der Waals surface area contributed by atoms with Gasteiger partial charge in [0.05, 0.1) is 11.8 Å². The molecule has 19 heavy (non-hydrogen) atoms. The Kier molecular flexibility index (Phi) is 5.50. The lowest BCUT2D eigenvalue weighted by Crippen LogP contribution is -2.48.